The maximum Gasteiger partial charge on any atom is 0.0217 e. The van der Waals surface area contributed by atoms with Crippen molar-refractivity contribution in [1.29, 1.82) is 0 Å². The number of hydrogen-bond acceptors (Lipinski definition) is 3. The van der Waals surface area contributed by atoms with Crippen LogP contribution in [0.2, 0.25) is 0 Å². The lowest BCUT2D eigenvalue weighted by Crippen LogP contribution is -2.43. The summed E-state index contributed by atoms with van der Waals surface area (Å²) in [5.74, 6) is 0. The molecule has 1 N–H and O–H groups in total. The summed E-state index contributed by atoms with van der Waals surface area (Å²) in [5.41, 5.74) is 0. The molecule has 1 unspecified atom stereocenters. The number of rotatable bonds is 5. The van der Waals surface area contributed by atoms with Crippen LogP contribution in [0.4, 0.5) is 0 Å². The molecule has 2 nitrogen and oxygen atoms in total. The van der Waals surface area contributed by atoms with Gasteiger partial charge in [0.25, 0.3) is 0 Å². The molecule has 1 aromatic rings. The van der Waals surface area contributed by atoms with Crippen molar-refractivity contribution in [3.05, 3.63) is 22.4 Å². The highest BCUT2D eigenvalue weighted by molar-refractivity contribution is 7.09. The standard InChI is InChI=1S/C13H22N2S/c1-15-9-3-2-5-12(15)11-14-8-7-13-6-4-10-16-13/h4,6,10,12,14H,2-3,5,7-9,11H2,1H3. The Kier molecular flexibility index (Phi) is 4.82. The van der Waals surface area contributed by atoms with Crippen LogP contribution in [-0.4, -0.2) is 37.6 Å². The second-order valence-corrected chi connectivity index (χ2v) is 5.70. The first-order valence-corrected chi connectivity index (χ1v) is 7.17. The van der Waals surface area contributed by atoms with Crippen LogP contribution in [0.25, 0.3) is 0 Å². The summed E-state index contributed by atoms with van der Waals surface area (Å²) >= 11 is 1.86. The minimum Gasteiger partial charge on any atom is -0.315 e. The third-order valence-corrected chi connectivity index (χ3v) is 4.37. The first kappa shape index (κ1) is 12.1. The van der Waals surface area contributed by atoms with Gasteiger partial charge in [-0.3, -0.25) is 0 Å². The van der Waals surface area contributed by atoms with Gasteiger partial charge in [-0.05, 0) is 44.3 Å². The molecule has 1 fully saturated rings. The fourth-order valence-electron chi connectivity index (χ4n) is 2.34. The Bertz CT molecular complexity index is 284. The Morgan fingerprint density at radius 1 is 1.50 bits per heavy atom. The zero-order valence-corrected chi connectivity index (χ0v) is 10.9. The molecule has 3 heteroatoms. The average molecular weight is 238 g/mol. The van der Waals surface area contributed by atoms with Gasteiger partial charge in [0.1, 0.15) is 0 Å². The molecule has 0 spiro atoms. The van der Waals surface area contributed by atoms with Crippen molar-refractivity contribution in [2.45, 2.75) is 31.7 Å². The van der Waals surface area contributed by atoms with Gasteiger partial charge in [0.2, 0.25) is 0 Å². The van der Waals surface area contributed by atoms with E-state index in [1.165, 1.54) is 37.1 Å². The molecule has 1 aliphatic heterocycles. The maximum atomic E-state index is 3.59. The lowest BCUT2D eigenvalue weighted by atomic mass is 10.0. The Balaban J connectivity index is 1.60. The van der Waals surface area contributed by atoms with Crippen LogP contribution in [0.1, 0.15) is 24.1 Å². The molecular weight excluding hydrogens is 216 g/mol. The normalized spacial score (nSPS) is 22.4. The van der Waals surface area contributed by atoms with Gasteiger partial charge in [-0.1, -0.05) is 12.5 Å². The van der Waals surface area contributed by atoms with Crippen molar-refractivity contribution >= 4 is 11.3 Å². The van der Waals surface area contributed by atoms with E-state index in [1.54, 1.807) is 0 Å². The predicted octanol–water partition coefficient (Wildman–Crippen LogP) is 2.36. The van der Waals surface area contributed by atoms with Crippen LogP contribution in [0.3, 0.4) is 0 Å². The molecule has 1 atom stereocenters. The fourth-order valence-corrected chi connectivity index (χ4v) is 3.05. The van der Waals surface area contributed by atoms with E-state index in [2.05, 4.69) is 34.8 Å². The zero-order chi connectivity index (χ0) is 11.2. The summed E-state index contributed by atoms with van der Waals surface area (Å²) in [4.78, 5) is 3.99. The van der Waals surface area contributed by atoms with Crippen molar-refractivity contribution in [3.63, 3.8) is 0 Å². The second-order valence-electron chi connectivity index (χ2n) is 4.66. The Hall–Kier alpha value is -0.380. The molecule has 16 heavy (non-hydrogen) atoms. The molecular formula is C13H22N2S. The first-order valence-electron chi connectivity index (χ1n) is 6.29. The van der Waals surface area contributed by atoms with E-state index in [1.807, 2.05) is 11.3 Å². The van der Waals surface area contributed by atoms with Crippen LogP contribution in [0, 0.1) is 0 Å². The highest BCUT2D eigenvalue weighted by Gasteiger charge is 2.17. The Labute approximate surface area is 103 Å². The van der Waals surface area contributed by atoms with Gasteiger partial charge in [-0.2, -0.15) is 0 Å². The van der Waals surface area contributed by atoms with Crippen LogP contribution in [0.5, 0.6) is 0 Å². The highest BCUT2D eigenvalue weighted by Crippen LogP contribution is 2.14. The molecule has 0 saturated carbocycles. The lowest BCUT2D eigenvalue weighted by molar-refractivity contribution is 0.182. The van der Waals surface area contributed by atoms with Crippen LogP contribution in [0.15, 0.2) is 17.5 Å². The molecule has 0 bridgehead atoms. The number of likely N-dealkylation sites (tertiary alicyclic amines) is 1. The number of nitrogens with one attached hydrogen (secondary N) is 1. The fraction of sp³-hybridized carbons (Fsp3) is 0.692. The highest BCUT2D eigenvalue weighted by atomic mass is 32.1. The van der Waals surface area contributed by atoms with Crippen molar-refractivity contribution in [1.82, 2.24) is 10.2 Å². The number of nitrogens with zero attached hydrogens (tertiary/aromatic N) is 1. The summed E-state index contributed by atoms with van der Waals surface area (Å²) in [6.45, 7) is 3.55. The molecule has 1 aromatic heterocycles. The molecule has 2 heterocycles. The number of likely N-dealkylation sites (N-methyl/N-ethyl adjacent to an activating group) is 1. The van der Waals surface area contributed by atoms with Gasteiger partial charge in [0.05, 0.1) is 0 Å². The Morgan fingerprint density at radius 2 is 2.44 bits per heavy atom. The molecule has 1 aliphatic rings. The summed E-state index contributed by atoms with van der Waals surface area (Å²) in [6, 6.07) is 5.12. The van der Waals surface area contributed by atoms with E-state index in [4.69, 9.17) is 0 Å². The summed E-state index contributed by atoms with van der Waals surface area (Å²) in [7, 11) is 2.25. The number of piperidine rings is 1. The quantitative estimate of drug-likeness (QED) is 0.792. The van der Waals surface area contributed by atoms with Gasteiger partial charge >= 0.3 is 0 Å². The average Bonchev–Trinajstić information content (AvgIpc) is 2.79. The summed E-state index contributed by atoms with van der Waals surface area (Å²) in [6.07, 6.45) is 5.32. The first-order chi connectivity index (χ1) is 7.86. The van der Waals surface area contributed by atoms with Crippen LogP contribution >= 0.6 is 11.3 Å². The van der Waals surface area contributed by atoms with Crippen molar-refractivity contribution in [2.75, 3.05) is 26.7 Å². The summed E-state index contributed by atoms with van der Waals surface area (Å²) < 4.78 is 0. The van der Waals surface area contributed by atoms with E-state index in [0.717, 1.165) is 19.1 Å². The smallest absolute Gasteiger partial charge is 0.0217 e. The summed E-state index contributed by atoms with van der Waals surface area (Å²) in [5, 5.41) is 5.75. The van der Waals surface area contributed by atoms with Gasteiger partial charge in [0, 0.05) is 24.0 Å². The van der Waals surface area contributed by atoms with Gasteiger partial charge in [-0.25, -0.2) is 0 Å². The third kappa shape index (κ3) is 3.58. The van der Waals surface area contributed by atoms with Gasteiger partial charge < -0.3 is 10.2 Å². The van der Waals surface area contributed by atoms with E-state index in [0.29, 0.717) is 0 Å². The second kappa shape index (κ2) is 6.38. The minimum absolute atomic E-state index is 0.761. The minimum atomic E-state index is 0.761. The van der Waals surface area contributed by atoms with Gasteiger partial charge in [-0.15, -0.1) is 11.3 Å². The van der Waals surface area contributed by atoms with E-state index in [-0.39, 0.29) is 0 Å². The predicted molar refractivity (Wildman–Crippen MR) is 71.2 cm³/mol. The van der Waals surface area contributed by atoms with E-state index in [9.17, 15) is 0 Å². The van der Waals surface area contributed by atoms with Crippen LogP contribution in [-0.2, 0) is 6.42 Å². The van der Waals surface area contributed by atoms with Gasteiger partial charge in [0.15, 0.2) is 0 Å². The molecule has 0 aliphatic carbocycles. The molecule has 0 radical (unpaired) electrons. The lowest BCUT2D eigenvalue weighted by Gasteiger charge is -2.32. The number of thiophene rings is 1. The number of hydrogen-bond donors (Lipinski definition) is 1. The van der Waals surface area contributed by atoms with E-state index < -0.39 is 0 Å². The van der Waals surface area contributed by atoms with Crippen molar-refractivity contribution < 1.29 is 0 Å². The monoisotopic (exact) mass is 238 g/mol. The molecule has 0 aromatic carbocycles. The van der Waals surface area contributed by atoms with Crippen molar-refractivity contribution in [2.24, 2.45) is 0 Å². The molecule has 90 valence electrons. The zero-order valence-electron chi connectivity index (χ0n) is 10.1. The largest absolute Gasteiger partial charge is 0.315 e. The van der Waals surface area contributed by atoms with Crippen LogP contribution < -0.4 is 5.32 Å². The molecule has 2 rings (SSSR count). The SMILES string of the molecule is CN1CCCCC1CNCCc1cccs1. The van der Waals surface area contributed by atoms with E-state index >= 15 is 0 Å². The topological polar surface area (TPSA) is 15.3 Å². The Morgan fingerprint density at radius 3 is 3.19 bits per heavy atom. The third-order valence-electron chi connectivity index (χ3n) is 3.43. The van der Waals surface area contributed by atoms with Crippen molar-refractivity contribution in [3.8, 4) is 0 Å². The maximum absolute atomic E-state index is 3.59. The molecule has 1 saturated heterocycles. The molecule has 0 amide bonds.